The Morgan fingerprint density at radius 1 is 1.20 bits per heavy atom. The van der Waals surface area contributed by atoms with Crippen LogP contribution in [-0.4, -0.2) is 5.78 Å². The molecule has 0 spiro atoms. The molecule has 0 atom stereocenters. The zero-order valence-corrected chi connectivity index (χ0v) is 10.5. The number of ketones is 1. The number of benzene rings is 1. The summed E-state index contributed by atoms with van der Waals surface area (Å²) < 4.78 is 0. The molecule has 1 aromatic rings. The van der Waals surface area contributed by atoms with Gasteiger partial charge in [0.1, 0.15) is 0 Å². The zero-order chi connectivity index (χ0) is 12.3. The van der Waals surface area contributed by atoms with Crippen molar-refractivity contribution in [2.75, 3.05) is 0 Å². The van der Waals surface area contributed by atoms with Gasteiger partial charge in [0.25, 0.3) is 0 Å². The Morgan fingerprint density at radius 3 is 2.13 bits per heavy atom. The first kappa shape index (κ1) is 16.1. The molecule has 0 aliphatic rings. The van der Waals surface area contributed by atoms with Gasteiger partial charge in [0.2, 0.25) is 0 Å². The fourth-order valence-corrected chi connectivity index (χ4v) is 0.885. The maximum atomic E-state index is 10.9. The third-order valence-electron chi connectivity index (χ3n) is 1.53. The number of rotatable bonds is 2. The molecule has 0 unspecified atom stereocenters. The Labute approximate surface area is 93.8 Å². The van der Waals surface area contributed by atoms with E-state index >= 15 is 0 Å². The molecule has 1 aromatic carbocycles. The molecular formula is C14H22O. The molecule has 0 aliphatic heterocycles. The predicted octanol–water partition coefficient (Wildman–Crippen LogP) is 4.58. The number of carbonyl (C=O) groups is 1. The van der Waals surface area contributed by atoms with E-state index in [2.05, 4.69) is 6.58 Å². The summed E-state index contributed by atoms with van der Waals surface area (Å²) in [5.41, 5.74) is 1.72. The van der Waals surface area contributed by atoms with Crippen molar-refractivity contribution in [3.63, 3.8) is 0 Å². The van der Waals surface area contributed by atoms with Crippen LogP contribution in [0.2, 0.25) is 0 Å². The van der Waals surface area contributed by atoms with E-state index in [1.54, 1.807) is 19.1 Å². The van der Waals surface area contributed by atoms with Gasteiger partial charge in [-0.3, -0.25) is 4.79 Å². The summed E-state index contributed by atoms with van der Waals surface area (Å²) in [5.74, 6) is 0.0914. The molecule has 15 heavy (non-hydrogen) atoms. The highest BCUT2D eigenvalue weighted by Gasteiger charge is 1.96. The SMILES string of the molecule is C=Cc1cccc(C(C)=O)c1.CC.CC. The molecule has 0 saturated heterocycles. The van der Waals surface area contributed by atoms with Gasteiger partial charge in [-0.15, -0.1) is 0 Å². The molecule has 0 saturated carbocycles. The minimum absolute atomic E-state index is 0.0914. The van der Waals surface area contributed by atoms with Crippen LogP contribution in [0.15, 0.2) is 30.8 Å². The van der Waals surface area contributed by atoms with E-state index in [1.807, 2.05) is 45.9 Å². The molecule has 0 aliphatic carbocycles. The van der Waals surface area contributed by atoms with E-state index in [0.717, 1.165) is 11.1 Å². The average molecular weight is 206 g/mol. The quantitative estimate of drug-likeness (QED) is 0.647. The molecule has 84 valence electrons. The average Bonchev–Trinajstić information content (AvgIpc) is 2.34. The highest BCUT2D eigenvalue weighted by atomic mass is 16.1. The van der Waals surface area contributed by atoms with Crippen molar-refractivity contribution in [2.45, 2.75) is 34.6 Å². The molecule has 0 aromatic heterocycles. The van der Waals surface area contributed by atoms with Crippen LogP contribution in [0.5, 0.6) is 0 Å². The highest BCUT2D eigenvalue weighted by Crippen LogP contribution is 2.06. The number of hydrogen-bond acceptors (Lipinski definition) is 1. The zero-order valence-electron chi connectivity index (χ0n) is 10.5. The fraction of sp³-hybridized carbons (Fsp3) is 0.357. The van der Waals surface area contributed by atoms with Gasteiger partial charge in [-0.05, 0) is 18.6 Å². The van der Waals surface area contributed by atoms with Crippen molar-refractivity contribution in [3.05, 3.63) is 42.0 Å². The van der Waals surface area contributed by atoms with Crippen LogP contribution in [0.4, 0.5) is 0 Å². The first-order valence-corrected chi connectivity index (χ1v) is 5.47. The molecule has 0 radical (unpaired) electrons. The maximum absolute atomic E-state index is 10.9. The number of hydrogen-bond donors (Lipinski definition) is 0. The van der Waals surface area contributed by atoms with E-state index < -0.39 is 0 Å². The second-order valence-corrected chi connectivity index (χ2v) is 2.39. The van der Waals surface area contributed by atoms with Crippen LogP contribution in [-0.2, 0) is 0 Å². The summed E-state index contributed by atoms with van der Waals surface area (Å²) in [6.45, 7) is 13.2. The standard InChI is InChI=1S/C10H10O.2C2H6/c1-3-9-5-4-6-10(7-9)8(2)11;2*1-2/h3-7H,1H2,2H3;2*1-2H3. The van der Waals surface area contributed by atoms with Crippen molar-refractivity contribution < 1.29 is 4.79 Å². The molecule has 0 fully saturated rings. The smallest absolute Gasteiger partial charge is 0.159 e. The van der Waals surface area contributed by atoms with Crippen LogP contribution in [0.25, 0.3) is 6.08 Å². The van der Waals surface area contributed by atoms with Crippen LogP contribution >= 0.6 is 0 Å². The summed E-state index contributed by atoms with van der Waals surface area (Å²) in [6, 6.07) is 7.40. The topological polar surface area (TPSA) is 17.1 Å². The third kappa shape index (κ3) is 6.67. The van der Waals surface area contributed by atoms with Crippen molar-refractivity contribution in [2.24, 2.45) is 0 Å². The van der Waals surface area contributed by atoms with E-state index in [9.17, 15) is 4.79 Å². The normalized spacial score (nSPS) is 7.53. The van der Waals surface area contributed by atoms with Crippen molar-refractivity contribution in [1.82, 2.24) is 0 Å². The summed E-state index contributed by atoms with van der Waals surface area (Å²) in [7, 11) is 0. The minimum Gasteiger partial charge on any atom is -0.295 e. The van der Waals surface area contributed by atoms with E-state index in [1.165, 1.54) is 0 Å². The van der Waals surface area contributed by atoms with Crippen molar-refractivity contribution in [1.29, 1.82) is 0 Å². The molecule has 0 heterocycles. The van der Waals surface area contributed by atoms with Crippen molar-refractivity contribution in [3.8, 4) is 0 Å². The Balaban J connectivity index is 0. The second kappa shape index (κ2) is 10.7. The molecule has 0 amide bonds. The first-order chi connectivity index (χ1) is 7.24. The largest absolute Gasteiger partial charge is 0.295 e. The Morgan fingerprint density at radius 2 is 1.73 bits per heavy atom. The molecule has 1 rings (SSSR count). The lowest BCUT2D eigenvalue weighted by Gasteiger charge is -1.95. The summed E-state index contributed by atoms with van der Waals surface area (Å²) >= 11 is 0. The Bertz CT molecular complexity index is 287. The van der Waals surface area contributed by atoms with Crippen LogP contribution in [0.3, 0.4) is 0 Å². The maximum Gasteiger partial charge on any atom is 0.159 e. The minimum atomic E-state index is 0.0914. The Kier molecular flexibility index (Phi) is 11.5. The second-order valence-electron chi connectivity index (χ2n) is 2.39. The number of carbonyl (C=O) groups excluding carboxylic acids is 1. The van der Waals surface area contributed by atoms with Gasteiger partial charge >= 0.3 is 0 Å². The molecular weight excluding hydrogens is 184 g/mol. The lowest BCUT2D eigenvalue weighted by atomic mass is 10.1. The first-order valence-electron chi connectivity index (χ1n) is 5.47. The Hall–Kier alpha value is -1.37. The van der Waals surface area contributed by atoms with Gasteiger partial charge in [0.05, 0.1) is 0 Å². The van der Waals surface area contributed by atoms with Crippen LogP contribution in [0.1, 0.15) is 50.5 Å². The van der Waals surface area contributed by atoms with E-state index in [4.69, 9.17) is 0 Å². The summed E-state index contributed by atoms with van der Waals surface area (Å²) in [6.07, 6.45) is 1.73. The van der Waals surface area contributed by atoms with Crippen LogP contribution in [0, 0.1) is 0 Å². The molecule has 0 bridgehead atoms. The van der Waals surface area contributed by atoms with Crippen LogP contribution < -0.4 is 0 Å². The molecule has 0 N–H and O–H groups in total. The fourth-order valence-electron chi connectivity index (χ4n) is 0.885. The summed E-state index contributed by atoms with van der Waals surface area (Å²) in [5, 5.41) is 0. The van der Waals surface area contributed by atoms with Gasteiger partial charge in [-0.2, -0.15) is 0 Å². The van der Waals surface area contributed by atoms with Gasteiger partial charge in [0.15, 0.2) is 5.78 Å². The molecule has 1 nitrogen and oxygen atoms in total. The van der Waals surface area contributed by atoms with Crippen molar-refractivity contribution >= 4 is 11.9 Å². The van der Waals surface area contributed by atoms with Gasteiger partial charge in [0, 0.05) is 5.56 Å². The van der Waals surface area contributed by atoms with Gasteiger partial charge < -0.3 is 0 Å². The van der Waals surface area contributed by atoms with E-state index in [0.29, 0.717) is 0 Å². The third-order valence-corrected chi connectivity index (χ3v) is 1.53. The lowest BCUT2D eigenvalue weighted by Crippen LogP contribution is -1.90. The van der Waals surface area contributed by atoms with Gasteiger partial charge in [-0.1, -0.05) is 58.5 Å². The van der Waals surface area contributed by atoms with E-state index in [-0.39, 0.29) is 5.78 Å². The lowest BCUT2D eigenvalue weighted by molar-refractivity contribution is 0.101. The highest BCUT2D eigenvalue weighted by molar-refractivity contribution is 5.94. The predicted molar refractivity (Wildman–Crippen MR) is 69.2 cm³/mol. The number of Topliss-reactive ketones (excluding diaryl/α,β-unsaturated/α-hetero) is 1. The summed E-state index contributed by atoms with van der Waals surface area (Å²) in [4.78, 5) is 10.9. The van der Waals surface area contributed by atoms with Gasteiger partial charge in [-0.25, -0.2) is 0 Å². The monoisotopic (exact) mass is 206 g/mol. The molecule has 1 heteroatoms.